The summed E-state index contributed by atoms with van der Waals surface area (Å²) in [4.78, 5) is 5.75. The minimum atomic E-state index is 0.775. The van der Waals surface area contributed by atoms with Gasteiger partial charge in [0.25, 0.3) is 0 Å². The van der Waals surface area contributed by atoms with Crippen molar-refractivity contribution >= 4 is 34.3 Å². The first-order valence-electron chi connectivity index (χ1n) is 6.43. The van der Waals surface area contributed by atoms with Crippen LogP contribution in [0, 0.1) is 13.8 Å². The van der Waals surface area contributed by atoms with E-state index in [0.29, 0.717) is 0 Å². The molecule has 20 heavy (non-hydrogen) atoms. The number of fused-ring (bicyclic) bond motifs is 1. The number of thiophene rings is 1. The molecular formula is C16H15N3S. The topological polar surface area (TPSA) is 37.3 Å². The third-order valence-electron chi connectivity index (χ3n) is 3.16. The number of aryl methyl sites for hydroxylation is 2. The second kappa shape index (κ2) is 5.43. The fourth-order valence-electron chi connectivity index (χ4n) is 2.15. The number of nitrogens with zero attached hydrogens (tertiary/aromatic N) is 2. The summed E-state index contributed by atoms with van der Waals surface area (Å²) in [6.45, 7) is 4.17. The van der Waals surface area contributed by atoms with E-state index < -0.39 is 0 Å². The van der Waals surface area contributed by atoms with E-state index in [1.54, 1.807) is 11.3 Å². The van der Waals surface area contributed by atoms with Crippen LogP contribution in [0.15, 0.2) is 46.9 Å². The molecule has 3 nitrogen and oxygen atoms in total. The molecule has 0 radical (unpaired) electrons. The summed E-state index contributed by atoms with van der Waals surface area (Å²) in [6, 6.07) is 12.3. The Bertz CT molecular complexity index is 761. The molecular weight excluding hydrogens is 266 g/mol. The van der Waals surface area contributed by atoms with Crippen molar-refractivity contribution in [2.75, 3.05) is 5.43 Å². The maximum atomic E-state index is 4.63. The van der Waals surface area contributed by atoms with Gasteiger partial charge in [0.05, 0.1) is 11.7 Å². The summed E-state index contributed by atoms with van der Waals surface area (Å²) >= 11 is 1.66. The van der Waals surface area contributed by atoms with Crippen LogP contribution in [0.4, 0.5) is 5.82 Å². The number of para-hydroxylation sites is 1. The van der Waals surface area contributed by atoms with E-state index in [0.717, 1.165) is 16.2 Å². The average Bonchev–Trinajstić information content (AvgIpc) is 2.93. The molecule has 0 saturated carbocycles. The molecule has 4 heteroatoms. The predicted octanol–water partition coefficient (Wildman–Crippen LogP) is 4.36. The number of rotatable bonds is 3. The van der Waals surface area contributed by atoms with Gasteiger partial charge in [0, 0.05) is 10.3 Å². The molecule has 0 saturated heterocycles. The molecule has 0 fully saturated rings. The van der Waals surface area contributed by atoms with Gasteiger partial charge in [0.1, 0.15) is 5.82 Å². The Morgan fingerprint density at radius 2 is 2.05 bits per heavy atom. The highest BCUT2D eigenvalue weighted by molar-refractivity contribution is 7.11. The SMILES string of the molecule is Cc1cc(N/N=C/c2cccs2)nc2c(C)cccc12. The molecule has 1 N–H and O–H groups in total. The van der Waals surface area contributed by atoms with Crippen LogP contribution in [0.1, 0.15) is 16.0 Å². The number of nitrogens with one attached hydrogen (secondary N) is 1. The molecule has 2 heterocycles. The van der Waals surface area contributed by atoms with Crippen molar-refractivity contribution in [1.82, 2.24) is 4.98 Å². The Morgan fingerprint density at radius 3 is 2.85 bits per heavy atom. The summed E-state index contributed by atoms with van der Waals surface area (Å²) < 4.78 is 0. The molecule has 0 aliphatic rings. The van der Waals surface area contributed by atoms with Crippen molar-refractivity contribution in [3.8, 4) is 0 Å². The van der Waals surface area contributed by atoms with Crippen LogP contribution in [-0.2, 0) is 0 Å². The van der Waals surface area contributed by atoms with Crippen LogP contribution < -0.4 is 5.43 Å². The van der Waals surface area contributed by atoms with Crippen molar-refractivity contribution in [1.29, 1.82) is 0 Å². The lowest BCUT2D eigenvalue weighted by molar-refractivity contribution is 1.24. The third-order valence-corrected chi connectivity index (χ3v) is 3.97. The first-order chi connectivity index (χ1) is 9.74. The normalized spacial score (nSPS) is 11.3. The van der Waals surface area contributed by atoms with Gasteiger partial charge in [-0.15, -0.1) is 11.3 Å². The fourth-order valence-corrected chi connectivity index (χ4v) is 2.73. The Hall–Kier alpha value is -2.20. The molecule has 3 aromatic rings. The van der Waals surface area contributed by atoms with Gasteiger partial charge in [-0.05, 0) is 42.5 Å². The van der Waals surface area contributed by atoms with Crippen LogP contribution in [0.3, 0.4) is 0 Å². The quantitative estimate of drug-likeness (QED) is 0.572. The third kappa shape index (κ3) is 2.56. The molecule has 1 aromatic carbocycles. The highest BCUT2D eigenvalue weighted by Gasteiger charge is 2.04. The molecule has 0 amide bonds. The molecule has 100 valence electrons. The lowest BCUT2D eigenvalue weighted by atomic mass is 10.1. The Morgan fingerprint density at radius 1 is 1.15 bits per heavy atom. The van der Waals surface area contributed by atoms with Crippen molar-refractivity contribution < 1.29 is 0 Å². The summed E-state index contributed by atoms with van der Waals surface area (Å²) in [5.74, 6) is 0.775. The number of benzene rings is 1. The van der Waals surface area contributed by atoms with Crippen LogP contribution in [0.5, 0.6) is 0 Å². The van der Waals surface area contributed by atoms with E-state index in [9.17, 15) is 0 Å². The number of anilines is 1. The maximum Gasteiger partial charge on any atom is 0.147 e. The van der Waals surface area contributed by atoms with Crippen molar-refractivity contribution in [3.05, 3.63) is 57.8 Å². The van der Waals surface area contributed by atoms with Crippen LogP contribution >= 0.6 is 11.3 Å². The summed E-state index contributed by atoms with van der Waals surface area (Å²) in [5.41, 5.74) is 6.42. The minimum absolute atomic E-state index is 0.775. The Labute approximate surface area is 122 Å². The van der Waals surface area contributed by atoms with Gasteiger partial charge in [-0.1, -0.05) is 24.3 Å². The number of hydrazone groups is 1. The Kier molecular flexibility index (Phi) is 3.48. The van der Waals surface area contributed by atoms with Gasteiger partial charge in [0.2, 0.25) is 0 Å². The lowest BCUT2D eigenvalue weighted by Gasteiger charge is -2.07. The number of hydrogen-bond acceptors (Lipinski definition) is 4. The van der Waals surface area contributed by atoms with E-state index in [2.05, 4.69) is 47.6 Å². The molecule has 0 bridgehead atoms. The van der Waals surface area contributed by atoms with E-state index in [-0.39, 0.29) is 0 Å². The number of hydrogen-bond donors (Lipinski definition) is 1. The van der Waals surface area contributed by atoms with Crippen molar-refractivity contribution in [3.63, 3.8) is 0 Å². The highest BCUT2D eigenvalue weighted by Crippen LogP contribution is 2.22. The van der Waals surface area contributed by atoms with Crippen molar-refractivity contribution in [2.24, 2.45) is 5.10 Å². The van der Waals surface area contributed by atoms with Gasteiger partial charge in [-0.2, -0.15) is 5.10 Å². The molecule has 0 unspecified atom stereocenters. The maximum absolute atomic E-state index is 4.63. The molecule has 2 aromatic heterocycles. The minimum Gasteiger partial charge on any atom is -0.261 e. The first-order valence-corrected chi connectivity index (χ1v) is 7.31. The zero-order chi connectivity index (χ0) is 13.9. The fraction of sp³-hybridized carbons (Fsp3) is 0.125. The first kappa shape index (κ1) is 12.8. The van der Waals surface area contributed by atoms with Gasteiger partial charge in [0.15, 0.2) is 0 Å². The standard InChI is InChI=1S/C16H15N3S/c1-11-5-3-7-14-12(2)9-15(18-16(11)14)19-17-10-13-6-4-8-20-13/h3-10H,1-2H3,(H,18,19)/b17-10+. The lowest BCUT2D eigenvalue weighted by Crippen LogP contribution is -1.96. The monoisotopic (exact) mass is 281 g/mol. The smallest absolute Gasteiger partial charge is 0.147 e. The zero-order valence-corrected chi connectivity index (χ0v) is 12.2. The van der Waals surface area contributed by atoms with E-state index in [4.69, 9.17) is 0 Å². The Balaban J connectivity index is 1.91. The largest absolute Gasteiger partial charge is 0.261 e. The van der Waals surface area contributed by atoms with Gasteiger partial charge >= 0.3 is 0 Å². The van der Waals surface area contributed by atoms with Gasteiger partial charge in [-0.3, -0.25) is 5.43 Å². The predicted molar refractivity (Wildman–Crippen MR) is 86.8 cm³/mol. The van der Waals surface area contributed by atoms with Gasteiger partial charge < -0.3 is 0 Å². The van der Waals surface area contributed by atoms with Crippen LogP contribution in [0.25, 0.3) is 10.9 Å². The van der Waals surface area contributed by atoms with E-state index >= 15 is 0 Å². The van der Waals surface area contributed by atoms with Gasteiger partial charge in [-0.25, -0.2) is 4.98 Å². The zero-order valence-electron chi connectivity index (χ0n) is 11.4. The molecule has 0 atom stereocenters. The van der Waals surface area contributed by atoms with Crippen LogP contribution in [0.2, 0.25) is 0 Å². The number of pyridine rings is 1. The second-order valence-corrected chi connectivity index (χ2v) is 5.66. The molecule has 3 rings (SSSR count). The van der Waals surface area contributed by atoms with Crippen molar-refractivity contribution in [2.45, 2.75) is 13.8 Å². The summed E-state index contributed by atoms with van der Waals surface area (Å²) in [6.07, 6.45) is 1.81. The van der Waals surface area contributed by atoms with Crippen LogP contribution in [-0.4, -0.2) is 11.2 Å². The molecule has 0 aliphatic carbocycles. The van der Waals surface area contributed by atoms with E-state index in [1.165, 1.54) is 16.5 Å². The second-order valence-electron chi connectivity index (χ2n) is 4.68. The van der Waals surface area contributed by atoms with E-state index in [1.807, 2.05) is 29.8 Å². The summed E-state index contributed by atoms with van der Waals surface area (Å²) in [5, 5.41) is 7.46. The average molecular weight is 281 g/mol. The highest BCUT2D eigenvalue weighted by atomic mass is 32.1. The molecule has 0 spiro atoms. The summed E-state index contributed by atoms with van der Waals surface area (Å²) in [7, 11) is 0. The molecule has 0 aliphatic heterocycles. The number of aromatic nitrogens is 1.